The van der Waals surface area contributed by atoms with Gasteiger partial charge in [-0.2, -0.15) is 0 Å². The van der Waals surface area contributed by atoms with Crippen LogP contribution in [0.15, 0.2) is 24.3 Å². The highest BCUT2D eigenvalue weighted by Gasteiger charge is 2.41. The van der Waals surface area contributed by atoms with Crippen molar-refractivity contribution in [3.05, 3.63) is 35.6 Å². The summed E-state index contributed by atoms with van der Waals surface area (Å²) in [6.45, 7) is 2.19. The molecule has 0 N–H and O–H groups in total. The first-order valence-corrected chi connectivity index (χ1v) is 8.63. The molecule has 0 radical (unpaired) electrons. The second-order valence-electron chi connectivity index (χ2n) is 6.78. The van der Waals surface area contributed by atoms with Gasteiger partial charge in [-0.3, -0.25) is 0 Å². The predicted octanol–water partition coefficient (Wildman–Crippen LogP) is 6.39. The Bertz CT molecular complexity index is 430. The highest BCUT2D eigenvalue weighted by atomic mass is 19.3. The lowest BCUT2D eigenvalue weighted by Crippen LogP contribution is -2.34. The van der Waals surface area contributed by atoms with Gasteiger partial charge in [0, 0.05) is 12.3 Å². The Morgan fingerprint density at radius 1 is 1.00 bits per heavy atom. The fraction of sp³-hybridized carbons (Fsp3) is 0.684. The van der Waals surface area contributed by atoms with Crippen LogP contribution in [0.25, 0.3) is 0 Å². The molecule has 1 aliphatic rings. The van der Waals surface area contributed by atoms with Gasteiger partial charge in [0.25, 0.3) is 5.92 Å². The molecule has 3 heteroatoms. The maximum absolute atomic E-state index is 14.4. The average molecular weight is 312 g/mol. The number of hydrogen-bond acceptors (Lipinski definition) is 0. The van der Waals surface area contributed by atoms with Gasteiger partial charge >= 0.3 is 0 Å². The van der Waals surface area contributed by atoms with Crippen LogP contribution in [0.2, 0.25) is 0 Å². The minimum absolute atomic E-state index is 0.265. The van der Waals surface area contributed by atoms with Crippen molar-refractivity contribution >= 4 is 0 Å². The quantitative estimate of drug-likeness (QED) is 0.512. The molecule has 0 nitrogen and oxygen atoms in total. The summed E-state index contributed by atoms with van der Waals surface area (Å²) in [5.74, 6) is -2.92. The van der Waals surface area contributed by atoms with Crippen molar-refractivity contribution in [3.8, 4) is 0 Å². The van der Waals surface area contributed by atoms with E-state index in [1.807, 2.05) is 0 Å². The number of unbranched alkanes of at least 4 members (excludes halogenated alkanes) is 2. The fourth-order valence-corrected chi connectivity index (χ4v) is 3.58. The summed E-state index contributed by atoms with van der Waals surface area (Å²) < 4.78 is 41.7. The van der Waals surface area contributed by atoms with E-state index in [9.17, 15) is 13.2 Å². The van der Waals surface area contributed by atoms with Gasteiger partial charge in [0.15, 0.2) is 0 Å². The second-order valence-corrected chi connectivity index (χ2v) is 6.78. The van der Waals surface area contributed by atoms with Gasteiger partial charge in [0.2, 0.25) is 0 Å². The Kier molecular flexibility index (Phi) is 6.34. The SMILES string of the molecule is CCCCCC1CCC(C(F)(F)Cc2ccc(F)cc2)CC1. The van der Waals surface area contributed by atoms with E-state index in [0.717, 1.165) is 12.8 Å². The summed E-state index contributed by atoms with van der Waals surface area (Å²) in [4.78, 5) is 0. The molecule has 124 valence electrons. The van der Waals surface area contributed by atoms with Gasteiger partial charge in [0.1, 0.15) is 5.82 Å². The molecule has 1 fully saturated rings. The fourth-order valence-electron chi connectivity index (χ4n) is 3.58. The highest BCUT2D eigenvalue weighted by molar-refractivity contribution is 5.17. The molecule has 1 aromatic carbocycles. The third-order valence-electron chi connectivity index (χ3n) is 5.01. The maximum Gasteiger partial charge on any atom is 0.254 e. The van der Waals surface area contributed by atoms with E-state index in [0.29, 0.717) is 24.3 Å². The number of benzene rings is 1. The van der Waals surface area contributed by atoms with Gasteiger partial charge in [0.05, 0.1) is 0 Å². The Morgan fingerprint density at radius 2 is 1.64 bits per heavy atom. The van der Waals surface area contributed by atoms with Crippen molar-refractivity contribution in [2.75, 3.05) is 0 Å². The van der Waals surface area contributed by atoms with Crippen LogP contribution in [0.1, 0.15) is 63.9 Å². The molecule has 1 aromatic rings. The second kappa shape index (κ2) is 8.03. The summed E-state index contributed by atoms with van der Waals surface area (Å²) in [6, 6.07) is 5.46. The molecule has 0 spiro atoms. The van der Waals surface area contributed by atoms with Crippen LogP contribution < -0.4 is 0 Å². The molecule has 0 saturated heterocycles. The predicted molar refractivity (Wildman–Crippen MR) is 84.6 cm³/mol. The molecule has 2 rings (SSSR count). The highest BCUT2D eigenvalue weighted by Crippen LogP contribution is 2.41. The normalized spacial score (nSPS) is 22.7. The Morgan fingerprint density at radius 3 is 2.23 bits per heavy atom. The van der Waals surface area contributed by atoms with Gasteiger partial charge in [-0.25, -0.2) is 13.2 Å². The van der Waals surface area contributed by atoms with E-state index < -0.39 is 11.8 Å². The molecule has 0 bridgehead atoms. The third-order valence-corrected chi connectivity index (χ3v) is 5.01. The van der Waals surface area contributed by atoms with Crippen molar-refractivity contribution in [3.63, 3.8) is 0 Å². The minimum Gasteiger partial charge on any atom is -0.207 e. The average Bonchev–Trinajstić information content (AvgIpc) is 2.50. The zero-order valence-corrected chi connectivity index (χ0v) is 13.5. The Balaban J connectivity index is 1.82. The largest absolute Gasteiger partial charge is 0.254 e. The lowest BCUT2D eigenvalue weighted by molar-refractivity contribution is -0.0746. The molecule has 1 aliphatic carbocycles. The number of rotatable bonds is 7. The van der Waals surface area contributed by atoms with Gasteiger partial charge in [-0.1, -0.05) is 44.7 Å². The maximum atomic E-state index is 14.4. The van der Waals surface area contributed by atoms with Crippen molar-refractivity contribution in [1.82, 2.24) is 0 Å². The summed E-state index contributed by atoms with van der Waals surface area (Å²) in [7, 11) is 0. The Hall–Kier alpha value is -0.990. The topological polar surface area (TPSA) is 0 Å². The number of hydrogen-bond donors (Lipinski definition) is 0. The van der Waals surface area contributed by atoms with Crippen LogP contribution in [-0.2, 0) is 6.42 Å². The van der Waals surface area contributed by atoms with E-state index in [-0.39, 0.29) is 12.2 Å². The number of halogens is 3. The molecule has 1 saturated carbocycles. The molecular weight excluding hydrogens is 285 g/mol. The van der Waals surface area contributed by atoms with Gasteiger partial charge in [-0.15, -0.1) is 0 Å². The molecule has 22 heavy (non-hydrogen) atoms. The Labute approximate surface area is 132 Å². The van der Waals surface area contributed by atoms with Crippen LogP contribution in [0, 0.1) is 17.7 Å². The summed E-state index contributed by atoms with van der Waals surface area (Å²) in [5.41, 5.74) is 0.525. The lowest BCUT2D eigenvalue weighted by atomic mass is 9.76. The zero-order valence-electron chi connectivity index (χ0n) is 13.5. The van der Waals surface area contributed by atoms with Crippen LogP contribution in [0.5, 0.6) is 0 Å². The molecule has 0 aliphatic heterocycles. The zero-order chi connectivity index (χ0) is 16.0. The van der Waals surface area contributed by atoms with E-state index in [4.69, 9.17) is 0 Å². The molecule has 0 aromatic heterocycles. The van der Waals surface area contributed by atoms with Crippen LogP contribution in [-0.4, -0.2) is 5.92 Å². The van der Waals surface area contributed by atoms with E-state index in [1.54, 1.807) is 0 Å². The summed E-state index contributed by atoms with van der Waals surface area (Å²) >= 11 is 0. The van der Waals surface area contributed by atoms with Crippen LogP contribution in [0.4, 0.5) is 13.2 Å². The van der Waals surface area contributed by atoms with E-state index in [2.05, 4.69) is 6.92 Å². The van der Waals surface area contributed by atoms with Crippen LogP contribution >= 0.6 is 0 Å². The van der Waals surface area contributed by atoms with E-state index in [1.165, 1.54) is 49.9 Å². The van der Waals surface area contributed by atoms with Crippen molar-refractivity contribution in [2.45, 2.75) is 70.6 Å². The molecule has 0 atom stereocenters. The number of alkyl halides is 2. The first kappa shape index (κ1) is 17.4. The van der Waals surface area contributed by atoms with Gasteiger partial charge < -0.3 is 0 Å². The summed E-state index contributed by atoms with van der Waals surface area (Å²) in [6.07, 6.45) is 7.77. The smallest absolute Gasteiger partial charge is 0.207 e. The third kappa shape index (κ3) is 5.03. The summed E-state index contributed by atoms with van der Waals surface area (Å²) in [5, 5.41) is 0. The van der Waals surface area contributed by atoms with Crippen molar-refractivity contribution in [1.29, 1.82) is 0 Å². The lowest BCUT2D eigenvalue weighted by Gasteiger charge is -2.34. The molecular formula is C19H27F3. The van der Waals surface area contributed by atoms with E-state index >= 15 is 0 Å². The van der Waals surface area contributed by atoms with Gasteiger partial charge in [-0.05, 0) is 49.3 Å². The molecule has 0 heterocycles. The molecule has 0 amide bonds. The monoisotopic (exact) mass is 312 g/mol. The van der Waals surface area contributed by atoms with Crippen LogP contribution in [0.3, 0.4) is 0 Å². The minimum atomic E-state index is -2.67. The first-order valence-electron chi connectivity index (χ1n) is 8.63. The first-order chi connectivity index (χ1) is 10.5. The molecule has 0 unspecified atom stereocenters. The van der Waals surface area contributed by atoms with Crippen molar-refractivity contribution in [2.24, 2.45) is 11.8 Å². The standard InChI is InChI=1S/C19H27F3/c1-2-3-4-5-15-6-10-17(11-7-15)19(21,22)14-16-8-12-18(20)13-9-16/h8-9,12-13,15,17H,2-7,10-11,14H2,1H3. The van der Waals surface area contributed by atoms with Crippen molar-refractivity contribution < 1.29 is 13.2 Å².